The number of allylic oxidation sites excluding steroid dienone is 2. The van der Waals surface area contributed by atoms with Gasteiger partial charge in [-0.1, -0.05) is 46.6 Å². The molecule has 0 N–H and O–H groups in total. The van der Waals surface area contributed by atoms with Crippen LogP contribution in [0.4, 0.5) is 26.3 Å². The summed E-state index contributed by atoms with van der Waals surface area (Å²) in [5, 5.41) is 0. The van der Waals surface area contributed by atoms with E-state index in [1.165, 1.54) is 49.0 Å². The maximum atomic E-state index is 13.1. The molecule has 4 atom stereocenters. The first-order valence-electron chi connectivity index (χ1n) is 21.9. The standard InChI is InChI=1S/C17H22F3NO3.C14H17BrF3NO3.3C4H9.C3H5.Sn/c1-5-8-12-10-21(14(22)9-13(12)17(18,19)20)15(11(4)6-2)16(23)24-7-3;1-4-8(3)12(13(21)22-5-2)19-7-10(15)9(6-11(19)20)14(16,17)18;3*1-3-4-2;1-3-2;/h5,9-11,15H,1,6-8H2,2-4H3;6-8,12H,4-5H2,1-3H3;3*1,3-4H2,2H3;3H,1-2H2;/t11-,15?;8-,12?;;;;;/m11...../s1. The van der Waals surface area contributed by atoms with Crippen molar-refractivity contribution in [2.24, 2.45) is 11.8 Å². The van der Waals surface area contributed by atoms with Crippen LogP contribution in [0.2, 0.25) is 17.7 Å². The summed E-state index contributed by atoms with van der Waals surface area (Å²) in [4.78, 5) is 48.6. The molecule has 2 unspecified atom stereocenters. The number of carbonyl (C=O) groups is 2. The van der Waals surface area contributed by atoms with Crippen LogP contribution in [0.15, 0.2) is 63.9 Å². The SMILES string of the molecule is C=CCc1cn(C(C(=O)OCC)[C@H](C)CC)c(=O)cc1C(F)(F)F.C=C[CH2][Sn]([CH2]CCC)([CH2]CCC)[CH2]CCC.CCOC(=O)C([C@H](C)CC)n1cc(Br)c(C(F)(F)F)cc1=O. The van der Waals surface area contributed by atoms with Gasteiger partial charge >= 0.3 is 132 Å². The van der Waals surface area contributed by atoms with Gasteiger partial charge in [0.1, 0.15) is 12.1 Å². The topological polar surface area (TPSA) is 96.6 Å². The Balaban J connectivity index is 0.000000920. The van der Waals surface area contributed by atoms with E-state index in [-0.39, 0.29) is 41.5 Å². The number of nitrogens with zero attached hydrogens (tertiary/aromatic N) is 2. The summed E-state index contributed by atoms with van der Waals surface area (Å²) in [6.07, 6.45) is 6.04. The van der Waals surface area contributed by atoms with E-state index in [0.717, 1.165) is 21.5 Å². The van der Waals surface area contributed by atoms with Gasteiger partial charge in [-0.3, -0.25) is 14.2 Å². The van der Waals surface area contributed by atoms with Gasteiger partial charge in [-0.2, -0.15) is 26.3 Å². The monoisotopic (exact) mass is 1060 g/mol. The fourth-order valence-corrected chi connectivity index (χ4v) is 22.8. The first-order valence-corrected chi connectivity index (χ1v) is 30.8. The first-order chi connectivity index (χ1) is 29.0. The smallest absolute Gasteiger partial charge is 0.417 e. The molecule has 0 saturated heterocycles. The van der Waals surface area contributed by atoms with E-state index in [9.17, 15) is 45.5 Å². The van der Waals surface area contributed by atoms with Gasteiger partial charge in [0.15, 0.2) is 0 Å². The fraction of sp³-hybridized carbons (Fsp3) is 0.652. The van der Waals surface area contributed by atoms with E-state index >= 15 is 0 Å². The molecular weight excluding hydrogens is 989 g/mol. The number of alkyl halides is 6. The van der Waals surface area contributed by atoms with Crippen molar-refractivity contribution in [2.45, 2.75) is 162 Å². The molecule has 0 aliphatic rings. The molecule has 0 fully saturated rings. The van der Waals surface area contributed by atoms with Crippen LogP contribution in [-0.2, 0) is 37.8 Å². The zero-order chi connectivity index (χ0) is 47.8. The summed E-state index contributed by atoms with van der Waals surface area (Å²) in [6, 6.07) is -0.907. The van der Waals surface area contributed by atoms with Crippen LogP contribution in [0.25, 0.3) is 0 Å². The van der Waals surface area contributed by atoms with E-state index in [1.807, 2.05) is 13.8 Å². The maximum Gasteiger partial charge on any atom is 0.417 e. The number of hydrogen-bond acceptors (Lipinski definition) is 6. The van der Waals surface area contributed by atoms with Crippen LogP contribution in [0.3, 0.4) is 0 Å². The van der Waals surface area contributed by atoms with Gasteiger partial charge < -0.3 is 14.0 Å². The number of hydrogen-bond donors (Lipinski definition) is 0. The molecule has 2 rings (SSSR count). The van der Waals surface area contributed by atoms with E-state index in [1.54, 1.807) is 41.0 Å². The molecule has 62 heavy (non-hydrogen) atoms. The average molecular weight is 1060 g/mol. The molecule has 354 valence electrons. The molecule has 2 aromatic heterocycles. The van der Waals surface area contributed by atoms with Crippen molar-refractivity contribution in [3.63, 3.8) is 0 Å². The van der Waals surface area contributed by atoms with Crippen molar-refractivity contribution >= 4 is 46.2 Å². The Hall–Kier alpha value is -2.82. The van der Waals surface area contributed by atoms with Crippen LogP contribution in [0.1, 0.15) is 142 Å². The Morgan fingerprint density at radius 3 is 1.40 bits per heavy atom. The molecule has 0 radical (unpaired) electrons. The minimum absolute atomic E-state index is 0.0643. The van der Waals surface area contributed by atoms with Crippen molar-refractivity contribution < 1.29 is 45.4 Å². The number of carbonyl (C=O) groups excluding carboxylic acids is 2. The van der Waals surface area contributed by atoms with Gasteiger partial charge in [-0.15, -0.1) is 6.58 Å². The number of ether oxygens (including phenoxy) is 2. The zero-order valence-corrected chi connectivity index (χ0v) is 42.7. The van der Waals surface area contributed by atoms with E-state index < -0.39 is 77.0 Å². The minimum Gasteiger partial charge on any atom is -0.464 e. The minimum atomic E-state index is -4.65. The zero-order valence-electron chi connectivity index (χ0n) is 38.3. The molecule has 0 saturated carbocycles. The molecular formula is C46H71BrF6N2O6Sn. The molecule has 0 spiro atoms. The average Bonchev–Trinajstić information content (AvgIpc) is 3.20. The molecule has 0 aliphatic carbocycles. The Morgan fingerprint density at radius 2 is 1.08 bits per heavy atom. The second-order valence-electron chi connectivity index (χ2n) is 15.7. The normalized spacial score (nSPS) is 13.6. The maximum absolute atomic E-state index is 13.1. The molecule has 16 heteroatoms. The van der Waals surface area contributed by atoms with Crippen molar-refractivity contribution in [2.75, 3.05) is 13.2 Å². The van der Waals surface area contributed by atoms with Crippen molar-refractivity contribution in [1.29, 1.82) is 0 Å². The Bertz CT molecular complexity index is 1770. The number of halogens is 7. The molecule has 0 aliphatic heterocycles. The van der Waals surface area contributed by atoms with E-state index in [2.05, 4.69) is 55.9 Å². The number of aromatic nitrogens is 2. The summed E-state index contributed by atoms with van der Waals surface area (Å²) in [5.41, 5.74) is -3.95. The summed E-state index contributed by atoms with van der Waals surface area (Å²) < 4.78 is 95.7. The summed E-state index contributed by atoms with van der Waals surface area (Å²) in [6.45, 7) is 25.1. The van der Waals surface area contributed by atoms with Crippen LogP contribution >= 0.6 is 15.9 Å². The number of rotatable bonds is 23. The number of unbranched alkanes of at least 4 members (excludes halogenated alkanes) is 3. The second-order valence-corrected chi connectivity index (χ2v) is 30.6. The Morgan fingerprint density at radius 1 is 0.694 bits per heavy atom. The van der Waals surface area contributed by atoms with E-state index in [0.29, 0.717) is 25.0 Å². The number of pyridine rings is 2. The summed E-state index contributed by atoms with van der Waals surface area (Å²) in [7, 11) is 0. The van der Waals surface area contributed by atoms with Crippen LogP contribution in [0.5, 0.6) is 0 Å². The first kappa shape index (κ1) is 59.2. The largest absolute Gasteiger partial charge is 0.464 e. The van der Waals surface area contributed by atoms with Crippen LogP contribution in [0, 0.1) is 11.8 Å². The van der Waals surface area contributed by atoms with E-state index in [4.69, 9.17) is 9.47 Å². The second kappa shape index (κ2) is 29.6. The predicted molar refractivity (Wildman–Crippen MR) is 243 cm³/mol. The van der Waals surface area contributed by atoms with Crippen molar-refractivity contribution in [1.82, 2.24) is 9.13 Å². The predicted octanol–water partition coefficient (Wildman–Crippen LogP) is 13.5. The van der Waals surface area contributed by atoms with Crippen molar-refractivity contribution in [3.05, 3.63) is 91.7 Å². The molecule has 0 bridgehead atoms. The van der Waals surface area contributed by atoms with Gasteiger partial charge in [0.2, 0.25) is 0 Å². The third-order valence-corrected chi connectivity index (χ3v) is 27.0. The van der Waals surface area contributed by atoms with Gasteiger partial charge in [0.25, 0.3) is 11.1 Å². The van der Waals surface area contributed by atoms with Gasteiger partial charge in [-0.25, -0.2) is 9.59 Å². The molecule has 0 amide bonds. The van der Waals surface area contributed by atoms with Gasteiger partial charge in [0, 0.05) is 29.0 Å². The van der Waals surface area contributed by atoms with Crippen LogP contribution in [-0.4, -0.2) is 52.7 Å². The van der Waals surface area contributed by atoms with Gasteiger partial charge in [-0.05, 0) is 53.6 Å². The van der Waals surface area contributed by atoms with Crippen molar-refractivity contribution in [3.8, 4) is 0 Å². The van der Waals surface area contributed by atoms with Gasteiger partial charge in [0.05, 0.1) is 24.3 Å². The fourth-order valence-electron chi connectivity index (χ4n) is 7.13. The molecule has 2 aromatic rings. The number of esters is 2. The summed E-state index contributed by atoms with van der Waals surface area (Å²) in [5.74, 6) is -1.79. The molecule has 0 aromatic carbocycles. The molecule has 8 nitrogen and oxygen atoms in total. The molecule has 2 heterocycles. The Labute approximate surface area is 377 Å². The summed E-state index contributed by atoms with van der Waals surface area (Å²) >= 11 is 1.04. The van der Waals surface area contributed by atoms with Crippen LogP contribution < -0.4 is 11.1 Å². The third kappa shape index (κ3) is 19.1. The third-order valence-electron chi connectivity index (χ3n) is 11.0. The Kier molecular flexibility index (Phi) is 28.2. The quantitative estimate of drug-likeness (QED) is 0.0476.